The number of nitrogens with one attached hydrogen (secondary N) is 1. The highest BCUT2D eigenvalue weighted by Gasteiger charge is 2.27. The summed E-state index contributed by atoms with van der Waals surface area (Å²) in [5, 5.41) is 2.89. The predicted molar refractivity (Wildman–Crippen MR) is 127 cm³/mol. The van der Waals surface area contributed by atoms with Gasteiger partial charge in [0, 0.05) is 14.1 Å². The lowest BCUT2D eigenvalue weighted by Crippen LogP contribution is -2.41. The van der Waals surface area contributed by atoms with Crippen LogP contribution in [0.1, 0.15) is 33.9 Å². The van der Waals surface area contributed by atoms with Gasteiger partial charge in [-0.3, -0.25) is 19.2 Å². The standard InChI is InChI=1S/C20H33FN7O6P/c1-11(2)33-19(29)12(3)24-10-31-13(4)14(8-32-35-30)34-15(7-21)28-9-23-16-17(27(5)6)25-20(22)26-18(16)28/h9,11-15,24H,7-8,10H2,1-6H3,(H2,22,25,26)/t12-,13-,14+,15+/m0/s1. The van der Waals surface area contributed by atoms with Crippen molar-refractivity contribution in [3.8, 4) is 0 Å². The fraction of sp³-hybridized carbons (Fsp3) is 0.700. The summed E-state index contributed by atoms with van der Waals surface area (Å²) in [6.45, 7) is 5.74. The number of hydrogen-bond donors (Lipinski definition) is 2. The molecule has 0 aromatic carbocycles. The van der Waals surface area contributed by atoms with Gasteiger partial charge in [-0.1, -0.05) is 0 Å². The van der Waals surface area contributed by atoms with Crippen LogP contribution in [0.25, 0.3) is 11.2 Å². The van der Waals surface area contributed by atoms with Gasteiger partial charge in [-0.15, -0.1) is 0 Å². The molecule has 0 saturated carbocycles. The molecule has 15 heteroatoms. The quantitative estimate of drug-likeness (QED) is 0.201. The normalized spacial score (nSPS) is 15.3. The van der Waals surface area contributed by atoms with Crippen molar-refractivity contribution in [3.63, 3.8) is 0 Å². The molecule has 196 valence electrons. The molecular weight excluding hydrogens is 484 g/mol. The van der Waals surface area contributed by atoms with Gasteiger partial charge in [-0.25, -0.2) is 13.9 Å². The number of carbonyl (C=O) groups excluding carboxylic acids is 1. The zero-order valence-corrected chi connectivity index (χ0v) is 21.6. The van der Waals surface area contributed by atoms with Crippen molar-refractivity contribution in [1.29, 1.82) is 0 Å². The molecule has 2 heterocycles. The van der Waals surface area contributed by atoms with Gasteiger partial charge in [0.25, 0.3) is 0 Å². The predicted octanol–water partition coefficient (Wildman–Crippen LogP) is 1.84. The number of aromatic nitrogens is 4. The Balaban J connectivity index is 2.14. The largest absolute Gasteiger partial charge is 0.462 e. The van der Waals surface area contributed by atoms with E-state index in [9.17, 15) is 13.8 Å². The van der Waals surface area contributed by atoms with Crippen LogP contribution in [0.5, 0.6) is 0 Å². The van der Waals surface area contributed by atoms with Crippen LogP contribution in [0.15, 0.2) is 6.33 Å². The molecule has 3 N–H and O–H groups in total. The third kappa shape index (κ3) is 8.00. The summed E-state index contributed by atoms with van der Waals surface area (Å²) in [6.07, 6.45) is -1.48. The summed E-state index contributed by atoms with van der Waals surface area (Å²) < 4.78 is 48.2. The fourth-order valence-electron chi connectivity index (χ4n) is 3.04. The fourth-order valence-corrected chi connectivity index (χ4v) is 3.25. The van der Waals surface area contributed by atoms with E-state index >= 15 is 0 Å². The van der Waals surface area contributed by atoms with Crippen molar-refractivity contribution < 1.29 is 32.5 Å². The van der Waals surface area contributed by atoms with Gasteiger partial charge in [-0.05, 0) is 27.7 Å². The van der Waals surface area contributed by atoms with Crippen LogP contribution in [0.2, 0.25) is 0 Å². The first kappa shape index (κ1) is 28.7. The van der Waals surface area contributed by atoms with Crippen molar-refractivity contribution in [3.05, 3.63) is 6.33 Å². The highest BCUT2D eigenvalue weighted by molar-refractivity contribution is 7.17. The smallest absolute Gasteiger partial charge is 0.327 e. The third-order valence-corrected chi connectivity index (χ3v) is 5.13. The maximum Gasteiger partial charge on any atom is 0.327 e. The van der Waals surface area contributed by atoms with E-state index in [0.29, 0.717) is 11.3 Å². The van der Waals surface area contributed by atoms with Gasteiger partial charge in [0.05, 0.1) is 31.9 Å². The zero-order chi connectivity index (χ0) is 26.1. The number of imidazole rings is 1. The molecule has 35 heavy (non-hydrogen) atoms. The number of nitrogens with two attached hydrogens (primary N) is 1. The zero-order valence-electron chi connectivity index (χ0n) is 20.7. The Morgan fingerprint density at radius 1 is 1.29 bits per heavy atom. The molecule has 13 nitrogen and oxygen atoms in total. The number of nitrogens with zero attached hydrogens (tertiary/aromatic N) is 5. The van der Waals surface area contributed by atoms with Crippen molar-refractivity contribution in [2.24, 2.45) is 0 Å². The third-order valence-electron chi connectivity index (χ3n) is 4.87. The number of alkyl halides is 1. The van der Waals surface area contributed by atoms with Gasteiger partial charge in [-0.2, -0.15) is 9.97 Å². The molecular formula is C20H33FN7O6P. The molecule has 2 rings (SSSR count). The van der Waals surface area contributed by atoms with E-state index in [4.69, 9.17) is 24.5 Å². The molecule has 4 atom stereocenters. The van der Waals surface area contributed by atoms with Crippen molar-refractivity contribution in [1.82, 2.24) is 24.8 Å². The number of esters is 1. The molecule has 0 aliphatic rings. The summed E-state index contributed by atoms with van der Waals surface area (Å²) in [5.41, 5.74) is 6.55. The molecule has 0 fully saturated rings. The number of halogens is 1. The highest BCUT2D eigenvalue weighted by atomic mass is 31.1. The SMILES string of the molecule is CC(C)OC(=O)[C@H](C)NCO[C@@H](C)[C@@H](COP=O)O[C@H](CF)n1cnc2c(N(C)C)nc(N)nc21. The van der Waals surface area contributed by atoms with Crippen molar-refractivity contribution in [2.45, 2.75) is 58.3 Å². The molecule has 0 amide bonds. The molecule has 0 bridgehead atoms. The lowest BCUT2D eigenvalue weighted by molar-refractivity contribution is -0.152. The van der Waals surface area contributed by atoms with Gasteiger partial charge >= 0.3 is 14.7 Å². The van der Waals surface area contributed by atoms with E-state index < -0.39 is 45.8 Å². The molecule has 0 radical (unpaired) electrons. The maximum absolute atomic E-state index is 14.1. The molecule has 0 spiro atoms. The summed E-state index contributed by atoms with van der Waals surface area (Å²) in [4.78, 5) is 26.3. The number of anilines is 2. The maximum atomic E-state index is 14.1. The first-order valence-corrected chi connectivity index (χ1v) is 11.7. The molecule has 0 unspecified atom stereocenters. The van der Waals surface area contributed by atoms with E-state index in [2.05, 4.69) is 20.3 Å². The number of fused-ring (bicyclic) bond motifs is 1. The van der Waals surface area contributed by atoms with Crippen LogP contribution in [0.3, 0.4) is 0 Å². The lowest BCUT2D eigenvalue weighted by Gasteiger charge is -2.28. The van der Waals surface area contributed by atoms with E-state index in [-0.39, 0.29) is 31.0 Å². The van der Waals surface area contributed by atoms with Crippen LogP contribution < -0.4 is 16.0 Å². The average Bonchev–Trinajstić information content (AvgIpc) is 3.21. The molecule has 0 saturated heterocycles. The number of hydrogen-bond acceptors (Lipinski definition) is 12. The van der Waals surface area contributed by atoms with Crippen LogP contribution in [0.4, 0.5) is 16.2 Å². The Morgan fingerprint density at radius 3 is 2.60 bits per heavy atom. The number of rotatable bonds is 15. The van der Waals surface area contributed by atoms with E-state index in [1.54, 1.807) is 46.7 Å². The Bertz CT molecular complexity index is 979. The van der Waals surface area contributed by atoms with Crippen LogP contribution in [0, 0.1) is 0 Å². The Labute approximate surface area is 204 Å². The first-order valence-electron chi connectivity index (χ1n) is 11.0. The molecule has 0 aliphatic carbocycles. The minimum absolute atomic E-state index is 0.00140. The van der Waals surface area contributed by atoms with E-state index in [1.807, 2.05) is 0 Å². The topological polar surface area (TPSA) is 156 Å². The first-order chi connectivity index (χ1) is 16.6. The average molecular weight is 517 g/mol. The van der Waals surface area contributed by atoms with Gasteiger partial charge in [0.2, 0.25) is 5.95 Å². The van der Waals surface area contributed by atoms with Crippen LogP contribution >= 0.6 is 8.69 Å². The number of carbonyl (C=O) groups is 1. The van der Waals surface area contributed by atoms with Crippen LogP contribution in [-0.2, 0) is 28.1 Å². The lowest BCUT2D eigenvalue weighted by atomic mass is 10.2. The number of nitrogen functional groups attached to an aromatic ring is 1. The van der Waals surface area contributed by atoms with E-state index in [0.717, 1.165) is 0 Å². The Morgan fingerprint density at radius 2 is 2.00 bits per heavy atom. The van der Waals surface area contributed by atoms with Crippen molar-refractivity contribution >= 4 is 37.6 Å². The second-order valence-electron chi connectivity index (χ2n) is 8.21. The van der Waals surface area contributed by atoms with Crippen molar-refractivity contribution in [2.75, 3.05) is 44.7 Å². The highest BCUT2D eigenvalue weighted by Crippen LogP contribution is 2.26. The Hall–Kier alpha value is -2.51. The Kier molecular flexibility index (Phi) is 11.1. The van der Waals surface area contributed by atoms with Gasteiger partial charge < -0.3 is 24.8 Å². The number of ether oxygens (including phenoxy) is 3. The van der Waals surface area contributed by atoms with E-state index in [1.165, 1.54) is 10.9 Å². The summed E-state index contributed by atoms with van der Waals surface area (Å²) in [5.74, 6) is 0.0562. The summed E-state index contributed by atoms with van der Waals surface area (Å²) in [6, 6.07) is -0.604. The van der Waals surface area contributed by atoms with Crippen LogP contribution in [-0.4, -0.2) is 83.9 Å². The molecule has 2 aromatic heterocycles. The second-order valence-corrected chi connectivity index (χ2v) is 8.61. The summed E-state index contributed by atoms with van der Waals surface area (Å²) in [7, 11) is 2.98. The monoisotopic (exact) mass is 517 g/mol. The summed E-state index contributed by atoms with van der Waals surface area (Å²) >= 11 is 0. The minimum Gasteiger partial charge on any atom is -0.462 e. The second kappa shape index (κ2) is 13.5. The molecule has 0 aliphatic heterocycles. The van der Waals surface area contributed by atoms with Gasteiger partial charge in [0.1, 0.15) is 18.8 Å². The minimum atomic E-state index is -1.15. The van der Waals surface area contributed by atoms with Gasteiger partial charge in [0.15, 0.2) is 23.2 Å². The molecule has 2 aromatic rings.